The van der Waals surface area contributed by atoms with Crippen LogP contribution in [0.25, 0.3) is 11.5 Å². The standard InChI is InChI=1S/C14H18N4O/c1-10-4-3-7-18(9-10)14-17-16-13(19-14)11-5-2-6-12(15)8-11/h2,5-6,8,10H,3-4,7,9,15H2,1H3. The van der Waals surface area contributed by atoms with Crippen molar-refractivity contribution < 1.29 is 4.42 Å². The molecule has 0 saturated carbocycles. The highest BCUT2D eigenvalue weighted by atomic mass is 16.4. The number of benzene rings is 1. The number of hydrogen-bond acceptors (Lipinski definition) is 5. The van der Waals surface area contributed by atoms with Gasteiger partial charge in [0.05, 0.1) is 0 Å². The van der Waals surface area contributed by atoms with Crippen LogP contribution in [0.15, 0.2) is 28.7 Å². The number of piperidine rings is 1. The molecule has 1 unspecified atom stereocenters. The van der Waals surface area contributed by atoms with Crippen LogP contribution in [0.5, 0.6) is 0 Å². The van der Waals surface area contributed by atoms with Crippen LogP contribution in [0.1, 0.15) is 19.8 Å². The zero-order chi connectivity index (χ0) is 13.2. The van der Waals surface area contributed by atoms with Gasteiger partial charge in [0.1, 0.15) is 0 Å². The smallest absolute Gasteiger partial charge is 0.318 e. The maximum atomic E-state index is 5.76. The maximum Gasteiger partial charge on any atom is 0.318 e. The van der Waals surface area contributed by atoms with Crippen molar-refractivity contribution in [1.29, 1.82) is 0 Å². The first-order valence-electron chi connectivity index (χ1n) is 6.67. The summed E-state index contributed by atoms with van der Waals surface area (Å²) in [5.41, 5.74) is 7.33. The van der Waals surface area contributed by atoms with Crippen LogP contribution in [0.2, 0.25) is 0 Å². The number of anilines is 2. The maximum absolute atomic E-state index is 5.76. The van der Waals surface area contributed by atoms with E-state index in [9.17, 15) is 0 Å². The topological polar surface area (TPSA) is 68.2 Å². The minimum Gasteiger partial charge on any atom is -0.403 e. The number of nitrogen functional groups attached to an aromatic ring is 1. The van der Waals surface area contributed by atoms with Crippen molar-refractivity contribution in [1.82, 2.24) is 10.2 Å². The van der Waals surface area contributed by atoms with Gasteiger partial charge in [0.2, 0.25) is 5.89 Å². The van der Waals surface area contributed by atoms with Gasteiger partial charge in [-0.1, -0.05) is 18.1 Å². The Hall–Kier alpha value is -2.04. The molecule has 2 N–H and O–H groups in total. The van der Waals surface area contributed by atoms with E-state index in [0.29, 0.717) is 23.5 Å². The summed E-state index contributed by atoms with van der Waals surface area (Å²) in [6.07, 6.45) is 2.45. The molecule has 1 aromatic carbocycles. The predicted molar refractivity (Wildman–Crippen MR) is 74.8 cm³/mol. The molecular formula is C14H18N4O. The molecular weight excluding hydrogens is 240 g/mol. The summed E-state index contributed by atoms with van der Waals surface area (Å²) in [4.78, 5) is 2.16. The van der Waals surface area contributed by atoms with E-state index >= 15 is 0 Å². The number of rotatable bonds is 2. The van der Waals surface area contributed by atoms with Gasteiger partial charge in [0, 0.05) is 24.3 Å². The highest BCUT2D eigenvalue weighted by molar-refractivity contribution is 5.59. The Morgan fingerprint density at radius 3 is 3.05 bits per heavy atom. The van der Waals surface area contributed by atoms with Crippen LogP contribution in [0.3, 0.4) is 0 Å². The summed E-state index contributed by atoms with van der Waals surface area (Å²) in [6, 6.07) is 8.11. The zero-order valence-electron chi connectivity index (χ0n) is 11.0. The van der Waals surface area contributed by atoms with Crippen molar-refractivity contribution in [3.05, 3.63) is 24.3 Å². The lowest BCUT2D eigenvalue weighted by molar-refractivity contribution is 0.418. The van der Waals surface area contributed by atoms with E-state index in [4.69, 9.17) is 10.2 Å². The second-order valence-electron chi connectivity index (χ2n) is 5.21. The van der Waals surface area contributed by atoms with E-state index in [0.717, 1.165) is 18.7 Å². The van der Waals surface area contributed by atoms with Crippen LogP contribution in [-0.2, 0) is 0 Å². The van der Waals surface area contributed by atoms with Gasteiger partial charge >= 0.3 is 6.01 Å². The lowest BCUT2D eigenvalue weighted by atomic mass is 10.0. The van der Waals surface area contributed by atoms with Crippen molar-refractivity contribution in [2.45, 2.75) is 19.8 Å². The summed E-state index contributed by atoms with van der Waals surface area (Å²) in [6.45, 7) is 4.22. The van der Waals surface area contributed by atoms with E-state index in [1.54, 1.807) is 0 Å². The predicted octanol–water partition coefficient (Wildman–Crippen LogP) is 2.56. The van der Waals surface area contributed by atoms with E-state index in [-0.39, 0.29) is 0 Å². The van der Waals surface area contributed by atoms with Crippen LogP contribution in [0.4, 0.5) is 11.7 Å². The molecule has 19 heavy (non-hydrogen) atoms. The Balaban J connectivity index is 1.83. The molecule has 5 nitrogen and oxygen atoms in total. The van der Waals surface area contributed by atoms with Crippen LogP contribution >= 0.6 is 0 Å². The second-order valence-corrected chi connectivity index (χ2v) is 5.21. The Labute approximate surface area is 112 Å². The number of hydrogen-bond donors (Lipinski definition) is 1. The summed E-state index contributed by atoms with van der Waals surface area (Å²) >= 11 is 0. The van der Waals surface area contributed by atoms with Crippen molar-refractivity contribution in [2.75, 3.05) is 23.7 Å². The SMILES string of the molecule is CC1CCCN(c2nnc(-c3cccc(N)c3)o2)C1. The molecule has 0 spiro atoms. The van der Waals surface area contributed by atoms with Gasteiger partial charge < -0.3 is 15.1 Å². The van der Waals surface area contributed by atoms with Crippen molar-refractivity contribution in [3.8, 4) is 11.5 Å². The summed E-state index contributed by atoms with van der Waals surface area (Å²) in [7, 11) is 0. The molecule has 1 aromatic heterocycles. The highest BCUT2D eigenvalue weighted by Gasteiger charge is 2.21. The fourth-order valence-electron chi connectivity index (χ4n) is 2.49. The lowest BCUT2D eigenvalue weighted by Crippen LogP contribution is -2.34. The molecule has 1 saturated heterocycles. The van der Waals surface area contributed by atoms with Crippen LogP contribution < -0.4 is 10.6 Å². The van der Waals surface area contributed by atoms with E-state index in [1.165, 1.54) is 12.8 Å². The number of nitrogens with zero attached hydrogens (tertiary/aromatic N) is 3. The highest BCUT2D eigenvalue weighted by Crippen LogP contribution is 2.26. The molecule has 1 atom stereocenters. The minimum absolute atomic E-state index is 0.528. The van der Waals surface area contributed by atoms with Gasteiger partial charge in [-0.2, -0.15) is 0 Å². The Morgan fingerprint density at radius 2 is 2.26 bits per heavy atom. The normalized spacial score (nSPS) is 19.6. The summed E-state index contributed by atoms with van der Waals surface area (Å²) < 4.78 is 5.76. The summed E-state index contributed by atoms with van der Waals surface area (Å²) in [5, 5.41) is 8.26. The first-order valence-corrected chi connectivity index (χ1v) is 6.67. The molecule has 2 aromatic rings. The third-order valence-electron chi connectivity index (χ3n) is 3.48. The Bertz CT molecular complexity index is 566. The average Bonchev–Trinajstić information content (AvgIpc) is 2.88. The quantitative estimate of drug-likeness (QED) is 0.838. The van der Waals surface area contributed by atoms with Crippen molar-refractivity contribution in [3.63, 3.8) is 0 Å². The zero-order valence-corrected chi connectivity index (χ0v) is 11.0. The molecule has 0 bridgehead atoms. The van der Waals surface area contributed by atoms with Gasteiger partial charge in [0.25, 0.3) is 0 Å². The van der Waals surface area contributed by atoms with E-state index < -0.39 is 0 Å². The van der Waals surface area contributed by atoms with Gasteiger partial charge in [-0.15, -0.1) is 5.10 Å². The minimum atomic E-state index is 0.528. The molecule has 0 aliphatic carbocycles. The van der Waals surface area contributed by atoms with E-state index in [2.05, 4.69) is 22.0 Å². The molecule has 2 heterocycles. The number of aromatic nitrogens is 2. The molecule has 1 aliphatic heterocycles. The number of nitrogens with two attached hydrogens (primary N) is 1. The van der Waals surface area contributed by atoms with Crippen molar-refractivity contribution >= 4 is 11.7 Å². The first-order chi connectivity index (χ1) is 9.22. The summed E-state index contributed by atoms with van der Waals surface area (Å²) in [5.74, 6) is 1.21. The fourth-order valence-corrected chi connectivity index (χ4v) is 2.49. The average molecular weight is 258 g/mol. The molecule has 5 heteroatoms. The molecule has 1 aliphatic rings. The van der Waals surface area contributed by atoms with E-state index in [1.807, 2.05) is 24.3 Å². The monoisotopic (exact) mass is 258 g/mol. The van der Waals surface area contributed by atoms with Gasteiger partial charge in [-0.25, -0.2) is 0 Å². The lowest BCUT2D eigenvalue weighted by Gasteiger charge is -2.28. The Morgan fingerprint density at radius 1 is 1.37 bits per heavy atom. The molecule has 1 fully saturated rings. The first kappa shape index (κ1) is 12.0. The molecule has 0 amide bonds. The van der Waals surface area contributed by atoms with Gasteiger partial charge in [-0.05, 0) is 37.0 Å². The molecule has 100 valence electrons. The molecule has 3 rings (SSSR count). The fraction of sp³-hybridized carbons (Fsp3) is 0.429. The van der Waals surface area contributed by atoms with Crippen LogP contribution in [-0.4, -0.2) is 23.3 Å². The van der Waals surface area contributed by atoms with Crippen molar-refractivity contribution in [2.24, 2.45) is 5.92 Å². The second kappa shape index (κ2) is 4.91. The van der Waals surface area contributed by atoms with Gasteiger partial charge in [0.15, 0.2) is 0 Å². The third kappa shape index (κ3) is 2.54. The third-order valence-corrected chi connectivity index (χ3v) is 3.48. The van der Waals surface area contributed by atoms with Gasteiger partial charge in [-0.3, -0.25) is 0 Å². The largest absolute Gasteiger partial charge is 0.403 e. The molecule has 0 radical (unpaired) electrons. The van der Waals surface area contributed by atoms with Crippen LogP contribution in [0, 0.1) is 5.92 Å². The Kier molecular flexibility index (Phi) is 3.11.